The number of fused-ring (bicyclic) bond motifs is 3. The molecule has 15 rings (SSSR count). The van der Waals surface area contributed by atoms with E-state index in [-0.39, 0.29) is 11.8 Å². The van der Waals surface area contributed by atoms with Crippen molar-refractivity contribution in [3.63, 3.8) is 0 Å². The lowest BCUT2D eigenvalue weighted by atomic mass is 9.60. The van der Waals surface area contributed by atoms with E-state index in [1.165, 1.54) is 114 Å². The van der Waals surface area contributed by atoms with Crippen LogP contribution in [-0.2, 0) is 0 Å². The first kappa shape index (κ1) is 47.3. The Morgan fingerprint density at radius 3 is 1.44 bits per heavy atom. The number of aromatic nitrogens is 1. The molecular formula is C75H57NSi2. The Balaban J connectivity index is 1.07. The van der Waals surface area contributed by atoms with Gasteiger partial charge < -0.3 is 4.57 Å². The predicted octanol–water partition coefficient (Wildman–Crippen LogP) is 13.6. The number of hydrogen-bond acceptors (Lipinski definition) is 0. The lowest BCUT2D eigenvalue weighted by Gasteiger charge is -2.48. The van der Waals surface area contributed by atoms with Gasteiger partial charge in [0.05, 0.1) is 16.7 Å². The van der Waals surface area contributed by atoms with Crippen LogP contribution in [0.25, 0.3) is 38.6 Å². The summed E-state index contributed by atoms with van der Waals surface area (Å²) in [6.45, 7) is 7.02. The molecule has 3 aliphatic carbocycles. The van der Waals surface area contributed by atoms with Crippen LogP contribution in [0.4, 0.5) is 0 Å². The molecule has 0 aliphatic heterocycles. The molecule has 0 N–H and O–H groups in total. The van der Waals surface area contributed by atoms with Gasteiger partial charge in [-0.1, -0.05) is 297 Å². The molecule has 0 amide bonds. The van der Waals surface area contributed by atoms with Gasteiger partial charge in [-0.05, 0) is 106 Å². The third kappa shape index (κ3) is 7.19. The first-order valence-corrected chi connectivity index (χ1v) is 31.4. The summed E-state index contributed by atoms with van der Waals surface area (Å²) in [6.07, 6.45) is 4.49. The average molecular weight is 1030 g/mol. The summed E-state index contributed by atoms with van der Waals surface area (Å²) in [4.78, 5) is 0. The van der Waals surface area contributed by atoms with Crippen molar-refractivity contribution in [1.29, 1.82) is 0 Å². The summed E-state index contributed by atoms with van der Waals surface area (Å²) < 4.78 is 2.64. The van der Waals surface area contributed by atoms with Crippen LogP contribution in [-0.4, -0.2) is 20.7 Å². The molecule has 0 saturated carbocycles. The topological polar surface area (TPSA) is 4.93 Å². The van der Waals surface area contributed by atoms with Crippen molar-refractivity contribution < 1.29 is 0 Å². The highest BCUT2D eigenvalue weighted by atomic mass is 28.3. The molecule has 0 saturated heterocycles. The van der Waals surface area contributed by atoms with E-state index in [2.05, 4.69) is 321 Å². The van der Waals surface area contributed by atoms with Gasteiger partial charge in [-0.15, -0.1) is 0 Å². The summed E-state index contributed by atoms with van der Waals surface area (Å²) in [7, 11) is -6.11. The van der Waals surface area contributed by atoms with E-state index in [9.17, 15) is 0 Å². The van der Waals surface area contributed by atoms with Crippen LogP contribution in [0.2, 0.25) is 0 Å². The molecule has 1 heterocycles. The van der Waals surface area contributed by atoms with Gasteiger partial charge >= 0.3 is 0 Å². The van der Waals surface area contributed by atoms with E-state index in [0.717, 1.165) is 0 Å². The molecular weight excluding hydrogens is 971 g/mol. The summed E-state index contributed by atoms with van der Waals surface area (Å²) >= 11 is 0. The highest BCUT2D eigenvalue weighted by molar-refractivity contribution is 7.20. The lowest BCUT2D eigenvalue weighted by Crippen LogP contribution is -2.74. The fourth-order valence-electron chi connectivity index (χ4n) is 14.2. The smallest absolute Gasteiger partial charge is 0.179 e. The Labute approximate surface area is 460 Å². The largest absolute Gasteiger partial charge is 0.309 e. The summed E-state index contributed by atoms with van der Waals surface area (Å²) in [5, 5.41) is 13.3. The van der Waals surface area contributed by atoms with Crippen LogP contribution >= 0.6 is 0 Å². The summed E-state index contributed by atoms with van der Waals surface area (Å²) in [6, 6.07) is 110. The van der Waals surface area contributed by atoms with Gasteiger partial charge in [0.2, 0.25) is 0 Å². The lowest BCUT2D eigenvalue weighted by molar-refractivity contribution is 0.734. The molecule has 0 spiro atoms. The number of para-hydroxylation sites is 1. The van der Waals surface area contributed by atoms with Crippen molar-refractivity contribution in [3.8, 4) is 16.8 Å². The van der Waals surface area contributed by atoms with Crippen molar-refractivity contribution in [2.24, 2.45) is 0 Å². The van der Waals surface area contributed by atoms with Gasteiger partial charge in [-0.25, -0.2) is 0 Å². The molecule has 0 radical (unpaired) electrons. The van der Waals surface area contributed by atoms with Crippen LogP contribution in [0, 0.1) is 0 Å². The number of hydrogen-bond donors (Lipinski definition) is 0. The van der Waals surface area contributed by atoms with Gasteiger partial charge in [0.15, 0.2) is 16.1 Å². The number of benzene rings is 11. The van der Waals surface area contributed by atoms with E-state index >= 15 is 0 Å². The maximum Gasteiger partial charge on any atom is 0.179 e. The van der Waals surface area contributed by atoms with Crippen LogP contribution in [0.15, 0.2) is 326 Å². The van der Waals surface area contributed by atoms with Crippen LogP contribution in [0.3, 0.4) is 0 Å². The van der Waals surface area contributed by atoms with Gasteiger partial charge in [-0.2, -0.15) is 0 Å². The minimum atomic E-state index is -3.21. The maximum atomic E-state index is 4.57. The third-order valence-corrected chi connectivity index (χ3v) is 26.8. The molecule has 2 unspecified atom stereocenters. The Bertz CT molecular complexity index is 4140. The monoisotopic (exact) mass is 1030 g/mol. The third-order valence-electron chi connectivity index (χ3n) is 17.2. The Morgan fingerprint density at radius 1 is 0.385 bits per heavy atom. The predicted molar refractivity (Wildman–Crippen MR) is 335 cm³/mol. The van der Waals surface area contributed by atoms with Gasteiger partial charge in [0.25, 0.3) is 0 Å². The van der Waals surface area contributed by atoms with Crippen molar-refractivity contribution in [2.45, 2.75) is 18.8 Å². The quantitative estimate of drug-likeness (QED) is 0.0653. The van der Waals surface area contributed by atoms with Crippen molar-refractivity contribution in [3.05, 3.63) is 349 Å². The first-order valence-electron chi connectivity index (χ1n) is 27.4. The highest BCUT2D eigenvalue weighted by Gasteiger charge is 2.51. The minimum absolute atomic E-state index is 0.0382. The van der Waals surface area contributed by atoms with E-state index in [1.54, 1.807) is 0 Å². The van der Waals surface area contributed by atoms with E-state index in [4.69, 9.17) is 0 Å². The number of nitrogens with zero attached hydrogens (tertiary/aromatic N) is 1. The Kier molecular flexibility index (Phi) is 11.8. The zero-order valence-corrected chi connectivity index (χ0v) is 45.7. The second-order valence-electron chi connectivity index (χ2n) is 21.0. The molecule has 370 valence electrons. The average Bonchev–Trinajstić information content (AvgIpc) is 3.84. The number of rotatable bonds is 12. The normalized spacial score (nSPS) is 15.1. The molecule has 1 nitrogen and oxygen atoms in total. The SMILES string of the molecule is C=C/C=C(\C1=C(C)C2c3ccccc3C1c1c2cccc1-n1c2ccccc2c2ccc([Si](c3ccccc3)(c3ccccc3)c3ccccc3)cc21)[Si](c1ccccc1)(c1ccccc1)c1cccc(-c2ccccc2)c1. The fourth-order valence-corrected chi connectivity index (χ4v) is 24.1. The molecule has 12 aromatic rings. The molecule has 2 atom stereocenters. The molecule has 2 bridgehead atoms. The molecule has 78 heavy (non-hydrogen) atoms. The standard InChI is InChI=1S/C75H57NSi2/c1-3-28-71(78(59-38-18-8-19-39-59,60-40-20-9-21-41-60)61-42-26-31-55(51-61)54-29-10-4-11-30-54)73-53(2)72-65-44-22-23-45-66(65)75(73)74-67(72)46-27-48-69(74)76-68-47-25-24-43-63(68)64-50-49-62(52-70(64)76)77(56-32-12-5-13-33-56,57-34-14-6-15-35-57)58-36-16-7-17-37-58/h3-52,72,75H,1H2,2H3/b71-28+. The first-order chi connectivity index (χ1) is 38.6. The molecule has 3 aliphatic rings. The van der Waals surface area contributed by atoms with Gasteiger partial charge in [0.1, 0.15) is 0 Å². The minimum Gasteiger partial charge on any atom is -0.309 e. The van der Waals surface area contributed by atoms with E-state index in [1.807, 2.05) is 0 Å². The molecule has 11 aromatic carbocycles. The van der Waals surface area contributed by atoms with Crippen molar-refractivity contribution >= 4 is 74.3 Å². The van der Waals surface area contributed by atoms with Gasteiger partial charge in [0, 0.05) is 22.6 Å². The van der Waals surface area contributed by atoms with Crippen LogP contribution in [0.1, 0.15) is 41.0 Å². The number of allylic oxidation sites excluding steroid dienone is 5. The van der Waals surface area contributed by atoms with Crippen molar-refractivity contribution in [2.75, 3.05) is 0 Å². The second kappa shape index (κ2) is 19.5. The van der Waals surface area contributed by atoms with E-state index < -0.39 is 16.1 Å². The highest BCUT2D eigenvalue weighted by Crippen LogP contribution is 2.59. The Morgan fingerprint density at radius 2 is 0.846 bits per heavy atom. The van der Waals surface area contributed by atoms with Gasteiger partial charge in [-0.3, -0.25) is 0 Å². The molecule has 0 fully saturated rings. The fraction of sp³-hybridized carbons (Fsp3) is 0.0400. The summed E-state index contributed by atoms with van der Waals surface area (Å²) in [5.74, 6) is -0.0535. The van der Waals surface area contributed by atoms with Crippen LogP contribution in [0.5, 0.6) is 0 Å². The van der Waals surface area contributed by atoms with E-state index in [0.29, 0.717) is 0 Å². The van der Waals surface area contributed by atoms with Crippen molar-refractivity contribution in [1.82, 2.24) is 4.57 Å². The summed E-state index contributed by atoms with van der Waals surface area (Å²) in [5.41, 5.74) is 14.4. The second-order valence-corrected chi connectivity index (χ2v) is 28.6. The van der Waals surface area contributed by atoms with Crippen LogP contribution < -0.4 is 36.3 Å². The zero-order chi connectivity index (χ0) is 52.2. The molecule has 3 heteroatoms. The zero-order valence-electron chi connectivity index (χ0n) is 43.7. The Hall–Kier alpha value is -9.13. The molecule has 1 aromatic heterocycles. The maximum absolute atomic E-state index is 4.57.